The lowest BCUT2D eigenvalue weighted by Crippen LogP contribution is -2.24. The average molecular weight is 471 g/mol. The second-order valence-electron chi connectivity index (χ2n) is 7.60. The van der Waals surface area contributed by atoms with E-state index in [2.05, 4.69) is 14.6 Å². The van der Waals surface area contributed by atoms with Crippen molar-refractivity contribution < 1.29 is 19.1 Å². The van der Waals surface area contributed by atoms with Gasteiger partial charge in [0.25, 0.3) is 5.70 Å². The lowest BCUT2D eigenvalue weighted by molar-refractivity contribution is -0.138. The quantitative estimate of drug-likeness (QED) is 0.246. The Labute approximate surface area is 205 Å². The molecule has 0 radical (unpaired) electrons. The van der Waals surface area contributed by atoms with Crippen molar-refractivity contribution in [2.24, 2.45) is 0 Å². The van der Waals surface area contributed by atoms with Crippen LogP contribution in [0.2, 0.25) is 0 Å². The Bertz CT molecular complexity index is 1110. The largest absolute Gasteiger partial charge is 0.471 e. The molecule has 1 aliphatic rings. The lowest BCUT2D eigenvalue weighted by atomic mass is 10.1. The standard InChI is InChI=1S/C27H26N4O4/c1-4-34-26(32)22(18-28)16-20-6-10-23(11-7-20)30-14-15-31(19-30)24-12-8-21(9-13-24)17-25(29-3)27(33)35-5-2/h6-13,16-17H,4-5,14-15,19H2,1-2H3/b22-16+,25-17-. The van der Waals surface area contributed by atoms with Crippen LogP contribution in [0.3, 0.4) is 0 Å². The number of nitrogens with zero attached hydrogens (tertiary/aromatic N) is 4. The Morgan fingerprint density at radius 3 is 1.86 bits per heavy atom. The van der Waals surface area contributed by atoms with E-state index in [9.17, 15) is 14.9 Å². The topological polar surface area (TPSA) is 87.2 Å². The summed E-state index contributed by atoms with van der Waals surface area (Å²) in [6.07, 6.45) is 3.05. The Balaban J connectivity index is 1.65. The van der Waals surface area contributed by atoms with E-state index >= 15 is 0 Å². The number of benzene rings is 2. The average Bonchev–Trinajstić information content (AvgIpc) is 3.37. The molecular weight excluding hydrogens is 444 g/mol. The molecule has 178 valence electrons. The number of hydrogen-bond donors (Lipinski definition) is 0. The Hall–Kier alpha value is -4.56. The fourth-order valence-corrected chi connectivity index (χ4v) is 3.59. The highest BCUT2D eigenvalue weighted by atomic mass is 16.5. The number of carbonyl (C=O) groups is 2. The van der Waals surface area contributed by atoms with E-state index in [0.717, 1.165) is 35.6 Å². The molecule has 0 aromatic heterocycles. The monoisotopic (exact) mass is 470 g/mol. The molecule has 1 fully saturated rings. The summed E-state index contributed by atoms with van der Waals surface area (Å²) in [5.74, 6) is -1.24. The number of ether oxygens (including phenoxy) is 2. The van der Waals surface area contributed by atoms with E-state index in [1.54, 1.807) is 13.8 Å². The zero-order valence-corrected chi connectivity index (χ0v) is 19.7. The Morgan fingerprint density at radius 1 is 0.914 bits per heavy atom. The van der Waals surface area contributed by atoms with Gasteiger partial charge in [-0.15, -0.1) is 0 Å². The molecule has 0 N–H and O–H groups in total. The number of nitriles is 1. The van der Waals surface area contributed by atoms with Crippen LogP contribution < -0.4 is 9.80 Å². The van der Waals surface area contributed by atoms with E-state index < -0.39 is 11.9 Å². The van der Waals surface area contributed by atoms with E-state index in [0.29, 0.717) is 6.67 Å². The van der Waals surface area contributed by atoms with Crippen molar-refractivity contribution in [3.63, 3.8) is 0 Å². The summed E-state index contributed by atoms with van der Waals surface area (Å²) < 4.78 is 9.80. The number of carbonyl (C=O) groups excluding carboxylic acids is 2. The highest BCUT2D eigenvalue weighted by Crippen LogP contribution is 2.25. The first-order valence-electron chi connectivity index (χ1n) is 11.2. The predicted octanol–water partition coefficient (Wildman–Crippen LogP) is 4.26. The molecule has 1 saturated heterocycles. The van der Waals surface area contributed by atoms with Gasteiger partial charge in [-0.25, -0.2) is 9.64 Å². The SMILES string of the molecule is [C-]#[N+]/C(=C\c1ccc(N2CCN(c3ccc(/C=C(\C#N)C(=O)OCC)cc3)C2)cc1)C(=O)OCC. The maximum absolute atomic E-state index is 11.8. The second-order valence-corrected chi connectivity index (χ2v) is 7.60. The van der Waals surface area contributed by atoms with Gasteiger partial charge in [0.2, 0.25) is 0 Å². The molecule has 0 saturated carbocycles. The summed E-state index contributed by atoms with van der Waals surface area (Å²) in [5, 5.41) is 9.20. The predicted molar refractivity (Wildman–Crippen MR) is 134 cm³/mol. The van der Waals surface area contributed by atoms with Crippen LogP contribution in [0.25, 0.3) is 17.0 Å². The van der Waals surface area contributed by atoms with Crippen LogP contribution in [0.4, 0.5) is 11.4 Å². The van der Waals surface area contributed by atoms with Crippen molar-refractivity contribution in [1.82, 2.24) is 0 Å². The molecule has 8 heteroatoms. The van der Waals surface area contributed by atoms with E-state index in [1.807, 2.05) is 54.6 Å². The van der Waals surface area contributed by atoms with Crippen molar-refractivity contribution in [2.45, 2.75) is 13.8 Å². The Kier molecular flexibility index (Phi) is 8.64. The zero-order chi connectivity index (χ0) is 25.2. The fourth-order valence-electron chi connectivity index (χ4n) is 3.59. The van der Waals surface area contributed by atoms with Crippen LogP contribution in [0.5, 0.6) is 0 Å². The third-order valence-corrected chi connectivity index (χ3v) is 5.33. The van der Waals surface area contributed by atoms with E-state index in [-0.39, 0.29) is 24.5 Å². The van der Waals surface area contributed by atoms with Crippen LogP contribution in [0.15, 0.2) is 59.8 Å². The summed E-state index contributed by atoms with van der Waals surface area (Å²) in [6.45, 7) is 13.4. The third kappa shape index (κ3) is 6.49. The molecular formula is C27H26N4O4. The minimum atomic E-state index is -0.623. The smallest absolute Gasteiger partial charge is 0.348 e. The van der Waals surface area contributed by atoms with Gasteiger partial charge < -0.3 is 19.3 Å². The van der Waals surface area contributed by atoms with Gasteiger partial charge in [-0.2, -0.15) is 5.26 Å². The number of esters is 2. The van der Waals surface area contributed by atoms with Crippen LogP contribution in [-0.2, 0) is 19.1 Å². The van der Waals surface area contributed by atoms with Gasteiger partial charge in [-0.05, 0) is 61.4 Å². The molecule has 0 bridgehead atoms. The van der Waals surface area contributed by atoms with Crippen LogP contribution >= 0.6 is 0 Å². The van der Waals surface area contributed by atoms with Crippen molar-refractivity contribution in [3.05, 3.63) is 82.3 Å². The van der Waals surface area contributed by atoms with Crippen molar-refractivity contribution in [1.29, 1.82) is 5.26 Å². The zero-order valence-electron chi connectivity index (χ0n) is 19.7. The summed E-state index contributed by atoms with van der Waals surface area (Å²) in [5.41, 5.74) is 3.50. The molecule has 35 heavy (non-hydrogen) atoms. The first-order valence-corrected chi connectivity index (χ1v) is 11.2. The number of anilines is 2. The van der Waals surface area contributed by atoms with Gasteiger partial charge in [0.05, 0.1) is 26.5 Å². The maximum atomic E-state index is 11.8. The van der Waals surface area contributed by atoms with Crippen LogP contribution in [-0.4, -0.2) is 44.9 Å². The molecule has 0 amide bonds. The minimum Gasteiger partial charge on any atom is -0.471 e. The lowest BCUT2D eigenvalue weighted by Gasteiger charge is -2.21. The number of hydrogen-bond acceptors (Lipinski definition) is 7. The first kappa shape index (κ1) is 25.1. The molecule has 8 nitrogen and oxygen atoms in total. The highest BCUT2D eigenvalue weighted by molar-refractivity contribution is 5.98. The summed E-state index contributed by atoms with van der Waals surface area (Å²) >= 11 is 0. The van der Waals surface area contributed by atoms with Gasteiger partial charge >= 0.3 is 11.9 Å². The van der Waals surface area contributed by atoms with Gasteiger partial charge in [0, 0.05) is 24.5 Å². The third-order valence-electron chi connectivity index (χ3n) is 5.33. The molecule has 0 atom stereocenters. The normalized spacial score (nSPS) is 13.7. The van der Waals surface area contributed by atoms with Crippen molar-refractivity contribution >= 4 is 35.5 Å². The van der Waals surface area contributed by atoms with Gasteiger partial charge in [-0.3, -0.25) is 4.79 Å². The Morgan fingerprint density at radius 2 is 1.40 bits per heavy atom. The number of rotatable bonds is 8. The molecule has 2 aromatic carbocycles. The summed E-state index contributed by atoms with van der Waals surface area (Å²) in [6, 6.07) is 17.2. The molecule has 0 spiro atoms. The molecule has 3 rings (SSSR count). The molecule has 2 aromatic rings. The van der Waals surface area contributed by atoms with E-state index in [1.165, 1.54) is 12.2 Å². The van der Waals surface area contributed by atoms with Gasteiger partial charge in [0.1, 0.15) is 11.6 Å². The molecule has 1 heterocycles. The van der Waals surface area contributed by atoms with Gasteiger partial charge in [0.15, 0.2) is 0 Å². The minimum absolute atomic E-state index is 0.0315. The van der Waals surface area contributed by atoms with Crippen LogP contribution in [0, 0.1) is 17.9 Å². The highest BCUT2D eigenvalue weighted by Gasteiger charge is 2.20. The fraction of sp³-hybridized carbons (Fsp3) is 0.259. The molecule has 1 aliphatic heterocycles. The van der Waals surface area contributed by atoms with Crippen molar-refractivity contribution in [2.75, 3.05) is 42.8 Å². The second kappa shape index (κ2) is 12.1. The van der Waals surface area contributed by atoms with Crippen molar-refractivity contribution in [3.8, 4) is 6.07 Å². The summed E-state index contributed by atoms with van der Waals surface area (Å²) in [7, 11) is 0. The molecule has 0 aliphatic carbocycles. The van der Waals surface area contributed by atoms with Crippen LogP contribution in [0.1, 0.15) is 25.0 Å². The first-order chi connectivity index (χ1) is 17.0. The van der Waals surface area contributed by atoms with E-state index in [4.69, 9.17) is 16.0 Å². The maximum Gasteiger partial charge on any atom is 0.348 e. The molecule has 0 unspecified atom stereocenters. The summed E-state index contributed by atoms with van der Waals surface area (Å²) in [4.78, 5) is 31.4. The van der Waals surface area contributed by atoms with Gasteiger partial charge in [-0.1, -0.05) is 24.3 Å².